The van der Waals surface area contributed by atoms with E-state index in [9.17, 15) is 9.59 Å². The van der Waals surface area contributed by atoms with Gasteiger partial charge >= 0.3 is 0 Å². The van der Waals surface area contributed by atoms with Gasteiger partial charge in [0.2, 0.25) is 0 Å². The summed E-state index contributed by atoms with van der Waals surface area (Å²) < 4.78 is 11.3. The molecule has 0 aliphatic carbocycles. The molecule has 0 heterocycles. The standard InChI is InChI=1S/C16H26N4O4/c1-9(2)7-23-13-5-12(16(22)20-18)14(24-8-10(3)4)6-11(13)15(21)19-17/h5-6,9-10H,7-8,17-18H2,1-4H3,(H,19,21)(H,20,22). The van der Waals surface area contributed by atoms with E-state index in [0.29, 0.717) is 13.2 Å². The average Bonchev–Trinajstić information content (AvgIpc) is 2.56. The first-order valence-electron chi connectivity index (χ1n) is 7.75. The number of hydrazine groups is 2. The monoisotopic (exact) mass is 338 g/mol. The molecule has 0 unspecified atom stereocenters. The summed E-state index contributed by atoms with van der Waals surface area (Å²) in [5.74, 6) is 10.3. The van der Waals surface area contributed by atoms with Gasteiger partial charge in [0.15, 0.2) is 0 Å². The van der Waals surface area contributed by atoms with Crippen LogP contribution in [0.1, 0.15) is 48.4 Å². The number of rotatable bonds is 8. The van der Waals surface area contributed by atoms with Crippen molar-refractivity contribution < 1.29 is 19.1 Å². The van der Waals surface area contributed by atoms with E-state index < -0.39 is 11.8 Å². The molecule has 2 amide bonds. The van der Waals surface area contributed by atoms with E-state index >= 15 is 0 Å². The predicted octanol–water partition coefficient (Wildman–Crippen LogP) is 0.963. The number of benzene rings is 1. The highest BCUT2D eigenvalue weighted by atomic mass is 16.5. The lowest BCUT2D eigenvalue weighted by molar-refractivity contribution is 0.0933. The van der Waals surface area contributed by atoms with E-state index in [2.05, 4.69) is 10.9 Å². The van der Waals surface area contributed by atoms with Crippen LogP contribution in [0.15, 0.2) is 12.1 Å². The van der Waals surface area contributed by atoms with Gasteiger partial charge < -0.3 is 9.47 Å². The van der Waals surface area contributed by atoms with Gasteiger partial charge in [-0.15, -0.1) is 0 Å². The molecular weight excluding hydrogens is 312 g/mol. The molecule has 0 atom stereocenters. The van der Waals surface area contributed by atoms with Crippen molar-refractivity contribution in [3.63, 3.8) is 0 Å². The third kappa shape index (κ3) is 5.39. The molecule has 24 heavy (non-hydrogen) atoms. The van der Waals surface area contributed by atoms with Crippen molar-refractivity contribution in [1.82, 2.24) is 10.9 Å². The number of hydrogen-bond acceptors (Lipinski definition) is 6. The van der Waals surface area contributed by atoms with Crippen LogP contribution in [0.5, 0.6) is 11.5 Å². The molecule has 6 N–H and O–H groups in total. The Bertz CT molecular complexity index is 536. The minimum absolute atomic E-state index is 0.186. The van der Waals surface area contributed by atoms with Crippen LogP contribution in [0, 0.1) is 11.8 Å². The number of carbonyl (C=O) groups is 2. The van der Waals surface area contributed by atoms with Crippen LogP contribution in [0.25, 0.3) is 0 Å². The van der Waals surface area contributed by atoms with Crippen LogP contribution >= 0.6 is 0 Å². The molecule has 0 spiro atoms. The minimum atomic E-state index is -0.539. The van der Waals surface area contributed by atoms with Crippen molar-refractivity contribution in [3.05, 3.63) is 23.3 Å². The Morgan fingerprint density at radius 3 is 1.46 bits per heavy atom. The fraction of sp³-hybridized carbons (Fsp3) is 0.500. The molecule has 1 aromatic rings. The number of carbonyl (C=O) groups excluding carboxylic acids is 2. The molecule has 0 aliphatic heterocycles. The third-order valence-electron chi connectivity index (χ3n) is 2.98. The summed E-state index contributed by atoms with van der Waals surface area (Å²) in [6, 6.07) is 2.87. The quantitative estimate of drug-likeness (QED) is 0.317. The Morgan fingerprint density at radius 1 is 0.875 bits per heavy atom. The molecule has 0 saturated heterocycles. The molecule has 0 saturated carbocycles. The Balaban J connectivity index is 3.35. The second-order valence-electron chi connectivity index (χ2n) is 6.20. The molecule has 0 bridgehead atoms. The molecule has 0 fully saturated rings. The zero-order valence-corrected chi connectivity index (χ0v) is 14.5. The van der Waals surface area contributed by atoms with E-state index in [0.717, 1.165) is 0 Å². The fourth-order valence-electron chi connectivity index (χ4n) is 1.82. The van der Waals surface area contributed by atoms with E-state index in [1.807, 2.05) is 27.7 Å². The van der Waals surface area contributed by atoms with Crippen molar-refractivity contribution in [2.24, 2.45) is 23.5 Å². The highest BCUT2D eigenvalue weighted by molar-refractivity contribution is 6.02. The van der Waals surface area contributed by atoms with Gasteiger partial charge in [-0.1, -0.05) is 27.7 Å². The topological polar surface area (TPSA) is 129 Å². The van der Waals surface area contributed by atoms with Gasteiger partial charge in [0, 0.05) is 0 Å². The van der Waals surface area contributed by atoms with Crippen molar-refractivity contribution >= 4 is 11.8 Å². The summed E-state index contributed by atoms with van der Waals surface area (Å²) in [5.41, 5.74) is 4.50. The lowest BCUT2D eigenvalue weighted by atomic mass is 10.1. The Hall–Kier alpha value is -2.32. The highest BCUT2D eigenvalue weighted by Gasteiger charge is 2.21. The van der Waals surface area contributed by atoms with Crippen molar-refractivity contribution in [2.45, 2.75) is 27.7 Å². The number of nitrogens with two attached hydrogens (primary N) is 2. The van der Waals surface area contributed by atoms with Gasteiger partial charge in [-0.25, -0.2) is 11.7 Å². The molecule has 0 aliphatic rings. The summed E-state index contributed by atoms with van der Waals surface area (Å²) in [6.45, 7) is 8.63. The molecule has 0 radical (unpaired) electrons. The number of amides is 2. The summed E-state index contributed by atoms with van der Waals surface area (Å²) in [5, 5.41) is 0. The van der Waals surface area contributed by atoms with Gasteiger partial charge in [-0.2, -0.15) is 0 Å². The van der Waals surface area contributed by atoms with Crippen molar-refractivity contribution in [3.8, 4) is 11.5 Å². The zero-order valence-electron chi connectivity index (χ0n) is 14.5. The van der Waals surface area contributed by atoms with Crippen LogP contribution in [-0.2, 0) is 0 Å². The Morgan fingerprint density at radius 2 is 1.21 bits per heavy atom. The molecular formula is C16H26N4O4. The zero-order chi connectivity index (χ0) is 18.3. The van der Waals surface area contributed by atoms with Crippen LogP contribution < -0.4 is 32.0 Å². The largest absolute Gasteiger partial charge is 0.492 e. The molecule has 134 valence electrons. The van der Waals surface area contributed by atoms with Gasteiger partial charge in [0.25, 0.3) is 11.8 Å². The Kier molecular flexibility index (Phi) is 7.47. The maximum atomic E-state index is 12.0. The first kappa shape index (κ1) is 19.7. The van der Waals surface area contributed by atoms with Crippen molar-refractivity contribution in [1.29, 1.82) is 0 Å². The van der Waals surface area contributed by atoms with E-state index in [1.165, 1.54) is 12.1 Å². The normalized spacial score (nSPS) is 10.7. The van der Waals surface area contributed by atoms with Crippen LogP contribution in [0.3, 0.4) is 0 Å². The number of hydrogen-bond donors (Lipinski definition) is 4. The molecule has 0 aromatic heterocycles. The lowest BCUT2D eigenvalue weighted by Gasteiger charge is -2.18. The first-order valence-corrected chi connectivity index (χ1v) is 7.75. The second-order valence-corrected chi connectivity index (χ2v) is 6.20. The number of ether oxygens (including phenoxy) is 2. The molecule has 8 nitrogen and oxygen atoms in total. The fourth-order valence-corrected chi connectivity index (χ4v) is 1.82. The van der Waals surface area contributed by atoms with Crippen molar-refractivity contribution in [2.75, 3.05) is 13.2 Å². The minimum Gasteiger partial charge on any atom is -0.492 e. The summed E-state index contributed by atoms with van der Waals surface area (Å²) >= 11 is 0. The van der Waals surface area contributed by atoms with Gasteiger partial charge in [0.05, 0.1) is 24.3 Å². The van der Waals surface area contributed by atoms with Gasteiger partial charge in [-0.05, 0) is 24.0 Å². The van der Waals surface area contributed by atoms with Crippen LogP contribution in [-0.4, -0.2) is 25.0 Å². The van der Waals surface area contributed by atoms with Crippen LogP contribution in [0.2, 0.25) is 0 Å². The molecule has 8 heteroatoms. The molecule has 1 aromatic carbocycles. The van der Waals surface area contributed by atoms with E-state index in [1.54, 1.807) is 0 Å². The summed E-state index contributed by atoms with van der Waals surface area (Å²) in [6.07, 6.45) is 0. The van der Waals surface area contributed by atoms with Crippen LogP contribution in [0.4, 0.5) is 0 Å². The predicted molar refractivity (Wildman–Crippen MR) is 90.4 cm³/mol. The van der Waals surface area contributed by atoms with Gasteiger partial charge in [-0.3, -0.25) is 20.4 Å². The SMILES string of the molecule is CC(C)COc1cc(C(=O)NN)c(OCC(C)C)cc1C(=O)NN. The Labute approximate surface area is 141 Å². The first-order chi connectivity index (χ1) is 11.3. The maximum Gasteiger partial charge on any atom is 0.269 e. The lowest BCUT2D eigenvalue weighted by Crippen LogP contribution is -2.32. The summed E-state index contributed by atoms with van der Waals surface area (Å²) in [7, 11) is 0. The van der Waals surface area contributed by atoms with E-state index in [4.69, 9.17) is 21.2 Å². The number of nitrogen functional groups attached to an aromatic ring is 2. The average molecular weight is 338 g/mol. The third-order valence-corrected chi connectivity index (χ3v) is 2.98. The van der Waals surface area contributed by atoms with Gasteiger partial charge in [0.1, 0.15) is 11.5 Å². The molecule has 1 rings (SSSR count). The van der Waals surface area contributed by atoms with E-state index in [-0.39, 0.29) is 34.5 Å². The smallest absolute Gasteiger partial charge is 0.269 e. The maximum absolute atomic E-state index is 12.0. The highest BCUT2D eigenvalue weighted by Crippen LogP contribution is 2.30. The summed E-state index contributed by atoms with van der Waals surface area (Å²) in [4.78, 5) is 24.0. The second kappa shape index (κ2) is 9.09. The number of nitrogens with one attached hydrogen (secondary N) is 2.